The molecule has 0 aromatic heterocycles. The number of rotatable bonds is 7. The molecule has 4 unspecified atom stereocenters. The maximum absolute atomic E-state index is 12.7. The highest BCUT2D eigenvalue weighted by Crippen LogP contribution is 2.36. The topological polar surface area (TPSA) is 84.9 Å². The first-order valence-corrected chi connectivity index (χ1v) is 10.5. The Kier molecular flexibility index (Phi) is 10.7. The van der Waals surface area contributed by atoms with Crippen molar-refractivity contribution in [3.05, 3.63) is 23.8 Å². The van der Waals surface area contributed by atoms with E-state index in [4.69, 9.17) is 9.47 Å². The third-order valence-electron chi connectivity index (χ3n) is 5.96. The number of ether oxygens (including phenoxy) is 2. The molecule has 31 heavy (non-hydrogen) atoms. The Bertz CT molecular complexity index is 751. The number of halogens is 1. The minimum atomic E-state index is -0.814. The van der Waals surface area contributed by atoms with Gasteiger partial charge in [-0.25, -0.2) is 0 Å². The van der Waals surface area contributed by atoms with Crippen molar-refractivity contribution in [3.8, 4) is 11.5 Å². The number of hydrogen-bond donors (Lipinski definition) is 2. The van der Waals surface area contributed by atoms with Gasteiger partial charge in [-0.3, -0.25) is 9.59 Å². The molecule has 0 aliphatic heterocycles. The Labute approximate surface area is 193 Å². The zero-order valence-corrected chi connectivity index (χ0v) is 21.3. The van der Waals surface area contributed by atoms with Crippen LogP contribution >= 0.6 is 12.4 Å². The molecule has 2 N–H and O–H groups in total. The van der Waals surface area contributed by atoms with E-state index in [1.54, 1.807) is 32.2 Å². The molecule has 0 bridgehead atoms. The zero-order chi connectivity index (χ0) is 23.4. The average molecular weight is 458 g/mol. The lowest BCUT2D eigenvalue weighted by Gasteiger charge is -2.27. The first-order chi connectivity index (χ1) is 13.6. The fourth-order valence-electron chi connectivity index (χ4n) is 2.42. The normalized spacial score (nSPS) is 15.8. The van der Waals surface area contributed by atoms with E-state index in [1.807, 2.05) is 55.4 Å². The number of carbonyl (C=O) groups excluding carboxylic acids is 2. The summed E-state index contributed by atoms with van der Waals surface area (Å²) in [6, 6.07) is 4.60. The minimum Gasteiger partial charge on any atom is -0.422 e. The first-order valence-electron chi connectivity index (χ1n) is 10.5. The summed E-state index contributed by atoms with van der Waals surface area (Å²) in [5.41, 5.74) is 0.00571. The van der Waals surface area contributed by atoms with Crippen LogP contribution in [0.3, 0.4) is 0 Å². The number of aliphatic hydroxyl groups excluding tert-OH is 1. The van der Waals surface area contributed by atoms with E-state index >= 15 is 0 Å². The number of hydrogen-bond acceptors (Lipinski definition) is 6. The minimum absolute atomic E-state index is 0. The van der Waals surface area contributed by atoms with E-state index < -0.39 is 18.0 Å². The third kappa shape index (κ3) is 8.09. The molecule has 0 aliphatic rings. The maximum atomic E-state index is 12.7. The summed E-state index contributed by atoms with van der Waals surface area (Å²) >= 11 is 0. The van der Waals surface area contributed by atoms with Gasteiger partial charge in [0.25, 0.3) is 0 Å². The summed E-state index contributed by atoms with van der Waals surface area (Å²) < 4.78 is 11.3. The number of benzene rings is 1. The summed E-state index contributed by atoms with van der Waals surface area (Å²) in [6.45, 7) is 17.2. The molecular formula is C24H40ClNO5. The largest absolute Gasteiger partial charge is 0.422 e. The quantitative estimate of drug-likeness (QED) is 0.446. The van der Waals surface area contributed by atoms with E-state index in [0.29, 0.717) is 5.56 Å². The van der Waals surface area contributed by atoms with Crippen LogP contribution in [0.25, 0.3) is 0 Å². The van der Waals surface area contributed by atoms with Crippen molar-refractivity contribution in [1.82, 2.24) is 5.32 Å². The molecule has 1 rings (SSSR count). The van der Waals surface area contributed by atoms with Gasteiger partial charge in [-0.2, -0.15) is 0 Å². The number of aliphatic hydroxyl groups is 1. The highest BCUT2D eigenvalue weighted by Gasteiger charge is 2.32. The van der Waals surface area contributed by atoms with Crippen molar-refractivity contribution in [3.63, 3.8) is 0 Å². The maximum Gasteiger partial charge on any atom is 0.314 e. The molecule has 0 amide bonds. The highest BCUT2D eigenvalue weighted by atomic mass is 35.5. The number of nitrogens with one attached hydrogen (secondary N) is 1. The predicted molar refractivity (Wildman–Crippen MR) is 126 cm³/mol. The molecule has 7 heteroatoms. The Balaban J connectivity index is 0.00000900. The zero-order valence-electron chi connectivity index (χ0n) is 20.5. The lowest BCUT2D eigenvalue weighted by Crippen LogP contribution is -2.31. The highest BCUT2D eigenvalue weighted by molar-refractivity contribution is 5.85. The van der Waals surface area contributed by atoms with Crippen LogP contribution in [-0.2, 0) is 9.59 Å². The van der Waals surface area contributed by atoms with Gasteiger partial charge in [0.15, 0.2) is 11.5 Å². The number of likely N-dealkylation sites (N-methyl/N-ethyl adjacent to an activating group) is 1. The van der Waals surface area contributed by atoms with Crippen molar-refractivity contribution >= 4 is 24.3 Å². The van der Waals surface area contributed by atoms with Crippen LogP contribution in [0.2, 0.25) is 0 Å². The molecule has 0 aliphatic carbocycles. The van der Waals surface area contributed by atoms with Crippen molar-refractivity contribution in [1.29, 1.82) is 0 Å². The summed E-state index contributed by atoms with van der Waals surface area (Å²) in [4.78, 5) is 25.4. The third-order valence-corrected chi connectivity index (χ3v) is 5.96. The summed E-state index contributed by atoms with van der Waals surface area (Å²) in [5, 5.41) is 13.5. The van der Waals surface area contributed by atoms with Gasteiger partial charge in [0, 0.05) is 6.04 Å². The van der Waals surface area contributed by atoms with Gasteiger partial charge in [0.05, 0.1) is 17.9 Å². The molecule has 0 saturated heterocycles. The van der Waals surface area contributed by atoms with Crippen LogP contribution in [0, 0.1) is 22.7 Å². The van der Waals surface area contributed by atoms with Crippen molar-refractivity contribution in [2.75, 3.05) is 7.05 Å². The fraction of sp³-hybridized carbons (Fsp3) is 0.667. The fourth-order valence-corrected chi connectivity index (χ4v) is 2.42. The molecule has 0 fully saturated rings. The first kappa shape index (κ1) is 29.4. The van der Waals surface area contributed by atoms with Crippen LogP contribution in [0.4, 0.5) is 0 Å². The molecule has 0 spiro atoms. The van der Waals surface area contributed by atoms with E-state index in [0.717, 1.165) is 0 Å². The Morgan fingerprint density at radius 2 is 1.29 bits per heavy atom. The molecule has 178 valence electrons. The van der Waals surface area contributed by atoms with E-state index in [9.17, 15) is 14.7 Å². The molecule has 1 aromatic rings. The van der Waals surface area contributed by atoms with Gasteiger partial charge in [-0.05, 0) is 42.5 Å². The molecule has 0 radical (unpaired) electrons. The second-order valence-corrected chi connectivity index (χ2v) is 10.2. The molecule has 1 aromatic carbocycles. The second kappa shape index (κ2) is 11.3. The van der Waals surface area contributed by atoms with Crippen LogP contribution in [0.1, 0.15) is 74.0 Å². The van der Waals surface area contributed by atoms with Crippen LogP contribution in [0.15, 0.2) is 18.2 Å². The number of esters is 2. The Morgan fingerprint density at radius 3 is 1.68 bits per heavy atom. The second-order valence-electron chi connectivity index (χ2n) is 10.2. The van der Waals surface area contributed by atoms with Gasteiger partial charge in [0.1, 0.15) is 0 Å². The van der Waals surface area contributed by atoms with Crippen LogP contribution in [0.5, 0.6) is 11.5 Å². The molecular weight excluding hydrogens is 418 g/mol. The summed E-state index contributed by atoms with van der Waals surface area (Å²) in [7, 11) is 1.75. The monoisotopic (exact) mass is 457 g/mol. The molecule has 4 atom stereocenters. The SMILES string of the molecule is CNC(C)C(O)c1ccc(OC(=O)C(C)C(C)(C)C)c(OC(=O)C(C)C(C)(C)C)c1.Cl. The van der Waals surface area contributed by atoms with Crippen LogP contribution < -0.4 is 14.8 Å². The van der Waals surface area contributed by atoms with Gasteiger partial charge in [-0.15, -0.1) is 12.4 Å². The van der Waals surface area contributed by atoms with Crippen molar-refractivity contribution < 1.29 is 24.2 Å². The lowest BCUT2D eigenvalue weighted by atomic mass is 9.82. The Morgan fingerprint density at radius 1 is 0.871 bits per heavy atom. The van der Waals surface area contributed by atoms with Crippen molar-refractivity contribution in [2.45, 2.75) is 74.5 Å². The Hall–Kier alpha value is -1.63. The molecule has 0 heterocycles. The summed E-state index contributed by atoms with van der Waals surface area (Å²) in [5.74, 6) is -1.26. The predicted octanol–water partition coefficient (Wildman–Crippen LogP) is 4.92. The van der Waals surface area contributed by atoms with Crippen LogP contribution in [-0.4, -0.2) is 30.1 Å². The molecule has 0 saturated carbocycles. The van der Waals surface area contributed by atoms with E-state index in [-0.39, 0.29) is 52.6 Å². The molecule has 6 nitrogen and oxygen atoms in total. The van der Waals surface area contributed by atoms with E-state index in [2.05, 4.69) is 5.32 Å². The number of carbonyl (C=O) groups is 2. The summed E-state index contributed by atoms with van der Waals surface area (Å²) in [6.07, 6.45) is -0.814. The lowest BCUT2D eigenvalue weighted by molar-refractivity contribution is -0.144. The van der Waals surface area contributed by atoms with Gasteiger partial charge in [0.2, 0.25) is 0 Å². The van der Waals surface area contributed by atoms with Gasteiger partial charge < -0.3 is 19.9 Å². The van der Waals surface area contributed by atoms with E-state index in [1.165, 1.54) is 0 Å². The smallest absolute Gasteiger partial charge is 0.314 e. The van der Waals surface area contributed by atoms with Gasteiger partial charge >= 0.3 is 11.9 Å². The van der Waals surface area contributed by atoms with Gasteiger partial charge in [-0.1, -0.05) is 61.5 Å². The standard InChI is InChI=1S/C24H39NO5.ClH/c1-14(23(4,5)6)21(27)29-18-12-11-17(20(26)16(3)25-10)13-19(18)30-22(28)15(2)24(7,8)9;/h11-16,20,25-26H,1-10H3;1H. The average Bonchev–Trinajstić information content (AvgIpc) is 2.65. The van der Waals surface area contributed by atoms with Crippen molar-refractivity contribution in [2.24, 2.45) is 22.7 Å².